The van der Waals surface area contributed by atoms with Crippen LogP contribution < -0.4 is 0 Å². The van der Waals surface area contributed by atoms with Crippen LogP contribution in [0.15, 0.2) is 28.8 Å². The van der Waals surface area contributed by atoms with E-state index in [9.17, 15) is 14.0 Å². The van der Waals surface area contributed by atoms with E-state index < -0.39 is 0 Å². The molecule has 8 nitrogen and oxygen atoms in total. The zero-order chi connectivity index (χ0) is 19.2. The number of aromatic nitrogens is 2. The Labute approximate surface area is 155 Å². The first-order valence-electron chi connectivity index (χ1n) is 8.85. The normalized spacial score (nSPS) is 14.3. The van der Waals surface area contributed by atoms with Crippen molar-refractivity contribution in [3.05, 3.63) is 36.0 Å². The molecule has 1 aromatic heterocycles. The monoisotopic (exact) mass is 376 g/mol. The second-order valence-electron chi connectivity index (χ2n) is 6.09. The highest BCUT2D eigenvalue weighted by atomic mass is 19.1. The molecule has 1 aromatic carbocycles. The highest BCUT2D eigenvalue weighted by molar-refractivity contribution is 5.77. The van der Waals surface area contributed by atoms with Crippen LogP contribution in [0.2, 0.25) is 0 Å². The Bertz CT molecular complexity index is 785. The number of piperazine rings is 1. The minimum Gasteiger partial charge on any atom is -0.450 e. The van der Waals surface area contributed by atoms with E-state index in [1.165, 1.54) is 12.1 Å². The SMILES string of the molecule is CCOC(=O)N1CCN(C(=O)CCc2nc(-c3ccc(F)cc3)no2)CC1. The Morgan fingerprint density at radius 3 is 2.48 bits per heavy atom. The predicted molar refractivity (Wildman–Crippen MR) is 93.2 cm³/mol. The van der Waals surface area contributed by atoms with Gasteiger partial charge in [-0.1, -0.05) is 5.16 Å². The number of hydrogen-bond acceptors (Lipinski definition) is 6. The third kappa shape index (κ3) is 4.81. The number of hydrogen-bond donors (Lipinski definition) is 0. The number of rotatable bonds is 5. The van der Waals surface area contributed by atoms with Crippen LogP contribution in [0.1, 0.15) is 19.2 Å². The van der Waals surface area contributed by atoms with E-state index in [-0.39, 0.29) is 24.2 Å². The van der Waals surface area contributed by atoms with Crippen molar-refractivity contribution < 1.29 is 23.2 Å². The lowest BCUT2D eigenvalue weighted by atomic mass is 10.2. The van der Waals surface area contributed by atoms with E-state index >= 15 is 0 Å². The van der Waals surface area contributed by atoms with Crippen LogP contribution in [0.5, 0.6) is 0 Å². The number of carbonyl (C=O) groups excluding carboxylic acids is 2. The van der Waals surface area contributed by atoms with Crippen molar-refractivity contribution in [3.8, 4) is 11.4 Å². The van der Waals surface area contributed by atoms with E-state index in [1.807, 2.05) is 0 Å². The van der Waals surface area contributed by atoms with Gasteiger partial charge in [0, 0.05) is 44.6 Å². The first-order chi connectivity index (χ1) is 13.1. The van der Waals surface area contributed by atoms with Crippen LogP contribution in [0.25, 0.3) is 11.4 Å². The van der Waals surface area contributed by atoms with Crippen molar-refractivity contribution in [3.63, 3.8) is 0 Å². The number of ether oxygens (including phenoxy) is 1. The maximum Gasteiger partial charge on any atom is 0.409 e. The van der Waals surface area contributed by atoms with Crippen molar-refractivity contribution in [2.24, 2.45) is 0 Å². The summed E-state index contributed by atoms with van der Waals surface area (Å²) in [4.78, 5) is 31.6. The van der Waals surface area contributed by atoms with Gasteiger partial charge >= 0.3 is 6.09 Å². The summed E-state index contributed by atoms with van der Waals surface area (Å²) in [5, 5.41) is 3.86. The summed E-state index contributed by atoms with van der Waals surface area (Å²) >= 11 is 0. The van der Waals surface area contributed by atoms with Crippen molar-refractivity contribution in [1.82, 2.24) is 19.9 Å². The molecular weight excluding hydrogens is 355 g/mol. The quantitative estimate of drug-likeness (QED) is 0.794. The molecule has 0 bridgehead atoms. The molecule has 0 radical (unpaired) electrons. The number of carbonyl (C=O) groups is 2. The number of nitrogens with zero attached hydrogens (tertiary/aromatic N) is 4. The Morgan fingerprint density at radius 2 is 1.81 bits per heavy atom. The topological polar surface area (TPSA) is 88.8 Å². The fraction of sp³-hybridized carbons (Fsp3) is 0.444. The smallest absolute Gasteiger partial charge is 0.409 e. The summed E-state index contributed by atoms with van der Waals surface area (Å²) in [6.07, 6.45) is 0.221. The van der Waals surface area contributed by atoms with Gasteiger partial charge < -0.3 is 19.1 Å². The fourth-order valence-electron chi connectivity index (χ4n) is 2.80. The molecule has 27 heavy (non-hydrogen) atoms. The minimum atomic E-state index is -0.344. The number of amides is 2. The largest absolute Gasteiger partial charge is 0.450 e. The number of benzene rings is 1. The van der Waals surface area contributed by atoms with Crippen LogP contribution in [-0.2, 0) is 16.0 Å². The molecule has 144 valence electrons. The van der Waals surface area contributed by atoms with Crippen molar-refractivity contribution in [2.75, 3.05) is 32.8 Å². The van der Waals surface area contributed by atoms with Crippen LogP contribution in [0.3, 0.4) is 0 Å². The van der Waals surface area contributed by atoms with Crippen molar-refractivity contribution >= 4 is 12.0 Å². The van der Waals surface area contributed by atoms with Gasteiger partial charge in [-0.25, -0.2) is 9.18 Å². The molecule has 1 saturated heterocycles. The molecule has 1 aliphatic rings. The number of aryl methyl sites for hydroxylation is 1. The van der Waals surface area contributed by atoms with Crippen LogP contribution in [0.4, 0.5) is 9.18 Å². The molecule has 2 heterocycles. The van der Waals surface area contributed by atoms with Crippen molar-refractivity contribution in [1.29, 1.82) is 0 Å². The van der Waals surface area contributed by atoms with Gasteiger partial charge in [0.05, 0.1) is 6.61 Å². The Balaban J connectivity index is 1.47. The first-order valence-corrected chi connectivity index (χ1v) is 8.85. The van der Waals surface area contributed by atoms with E-state index in [1.54, 1.807) is 28.9 Å². The molecule has 2 amide bonds. The number of halogens is 1. The highest BCUT2D eigenvalue weighted by Crippen LogP contribution is 2.17. The predicted octanol–water partition coefficient (Wildman–Crippen LogP) is 2.11. The van der Waals surface area contributed by atoms with Gasteiger partial charge in [0.25, 0.3) is 0 Å². The maximum atomic E-state index is 13.0. The summed E-state index contributed by atoms with van der Waals surface area (Å²) in [7, 11) is 0. The third-order valence-corrected chi connectivity index (χ3v) is 4.28. The summed E-state index contributed by atoms with van der Waals surface area (Å²) in [6.45, 7) is 3.96. The van der Waals surface area contributed by atoms with Crippen molar-refractivity contribution in [2.45, 2.75) is 19.8 Å². The van der Waals surface area contributed by atoms with Gasteiger partial charge in [-0.2, -0.15) is 4.98 Å². The van der Waals surface area contributed by atoms with Crippen LogP contribution in [0, 0.1) is 5.82 Å². The Morgan fingerprint density at radius 1 is 1.15 bits per heavy atom. The molecule has 0 atom stereocenters. The van der Waals surface area contributed by atoms with Gasteiger partial charge in [0.15, 0.2) is 0 Å². The molecule has 1 fully saturated rings. The van der Waals surface area contributed by atoms with Crippen LogP contribution >= 0.6 is 0 Å². The lowest BCUT2D eigenvalue weighted by Gasteiger charge is -2.34. The summed E-state index contributed by atoms with van der Waals surface area (Å²) in [5.74, 6) is 0.351. The molecule has 9 heteroatoms. The second-order valence-corrected chi connectivity index (χ2v) is 6.09. The standard InChI is InChI=1S/C18H21FN4O4/c1-2-26-18(25)23-11-9-22(10-12-23)16(24)8-7-15-20-17(21-27-15)13-3-5-14(19)6-4-13/h3-6H,2,7-12H2,1H3. The average Bonchev–Trinajstić information content (AvgIpc) is 3.16. The molecule has 2 aromatic rings. The van der Waals surface area contributed by atoms with Gasteiger partial charge in [-0.15, -0.1) is 0 Å². The second kappa shape index (κ2) is 8.61. The van der Waals surface area contributed by atoms with E-state index in [0.29, 0.717) is 56.5 Å². The summed E-state index contributed by atoms with van der Waals surface area (Å²) in [5.41, 5.74) is 0.646. The Hall–Kier alpha value is -2.97. The lowest BCUT2D eigenvalue weighted by molar-refractivity contribution is -0.132. The lowest BCUT2D eigenvalue weighted by Crippen LogP contribution is -2.50. The Kier molecular flexibility index (Phi) is 6.00. The zero-order valence-corrected chi connectivity index (χ0v) is 15.1. The zero-order valence-electron chi connectivity index (χ0n) is 15.1. The molecule has 0 spiro atoms. The molecular formula is C18H21FN4O4. The molecule has 1 aliphatic heterocycles. The highest BCUT2D eigenvalue weighted by Gasteiger charge is 2.25. The first kappa shape index (κ1) is 18.8. The summed E-state index contributed by atoms with van der Waals surface area (Å²) in [6, 6.07) is 5.78. The van der Waals surface area contributed by atoms with Crippen LogP contribution in [-0.4, -0.2) is 64.7 Å². The molecule has 0 aliphatic carbocycles. The third-order valence-electron chi connectivity index (χ3n) is 4.28. The molecule has 0 saturated carbocycles. The van der Waals surface area contributed by atoms with Gasteiger partial charge in [0.2, 0.25) is 17.6 Å². The molecule has 3 rings (SSSR count). The fourth-order valence-corrected chi connectivity index (χ4v) is 2.80. The maximum absolute atomic E-state index is 13.0. The molecule has 0 unspecified atom stereocenters. The molecule has 0 N–H and O–H groups in total. The van der Waals surface area contributed by atoms with E-state index in [4.69, 9.17) is 9.26 Å². The van der Waals surface area contributed by atoms with Gasteiger partial charge in [0.1, 0.15) is 5.82 Å². The van der Waals surface area contributed by atoms with Gasteiger partial charge in [-0.3, -0.25) is 4.79 Å². The van der Waals surface area contributed by atoms with E-state index in [0.717, 1.165) is 0 Å². The minimum absolute atomic E-state index is 0.0277. The van der Waals surface area contributed by atoms with Gasteiger partial charge in [-0.05, 0) is 31.2 Å². The average molecular weight is 376 g/mol. The summed E-state index contributed by atoms with van der Waals surface area (Å²) < 4.78 is 23.1. The van der Waals surface area contributed by atoms with E-state index in [2.05, 4.69) is 10.1 Å².